The van der Waals surface area contributed by atoms with Gasteiger partial charge in [0.25, 0.3) is 6.43 Å². The summed E-state index contributed by atoms with van der Waals surface area (Å²) in [5, 5.41) is 4.21. The van der Waals surface area contributed by atoms with Crippen molar-refractivity contribution in [1.82, 2.24) is 9.78 Å². The van der Waals surface area contributed by atoms with E-state index < -0.39 is 13.0 Å². The summed E-state index contributed by atoms with van der Waals surface area (Å²) >= 11 is 3.40. The normalized spacial score (nSPS) is 13.2. The van der Waals surface area contributed by atoms with E-state index in [2.05, 4.69) is 28.0 Å². The van der Waals surface area contributed by atoms with Gasteiger partial charge in [0.15, 0.2) is 0 Å². The lowest BCUT2D eigenvalue weighted by molar-refractivity contribution is 0.0150. The number of aromatic nitrogens is 2. The van der Waals surface area contributed by atoms with Crippen LogP contribution in [-0.2, 0) is 11.3 Å². The number of hydrogen-bond donors (Lipinski definition) is 1. The molecule has 18 heavy (non-hydrogen) atoms. The lowest BCUT2D eigenvalue weighted by Crippen LogP contribution is -2.19. The van der Waals surface area contributed by atoms with Gasteiger partial charge in [-0.1, -0.05) is 6.92 Å². The number of nitrogens with zero attached hydrogens (tertiary/aromatic N) is 2. The van der Waals surface area contributed by atoms with Gasteiger partial charge in [0.2, 0.25) is 0 Å². The quantitative estimate of drug-likeness (QED) is 0.748. The SMILES string of the molecule is CCCn1ncc(Br)c1C(N)CCOCC(F)F. The molecule has 1 unspecified atom stereocenters. The Morgan fingerprint density at radius 3 is 2.89 bits per heavy atom. The Morgan fingerprint density at radius 2 is 2.28 bits per heavy atom. The lowest BCUT2D eigenvalue weighted by atomic mass is 10.1. The van der Waals surface area contributed by atoms with Crippen LogP contribution in [0.25, 0.3) is 0 Å². The second-order valence-electron chi connectivity index (χ2n) is 3.96. The van der Waals surface area contributed by atoms with Gasteiger partial charge >= 0.3 is 0 Å². The van der Waals surface area contributed by atoms with Crippen molar-refractivity contribution in [1.29, 1.82) is 0 Å². The fraction of sp³-hybridized carbons (Fsp3) is 0.727. The molecule has 0 aliphatic heterocycles. The molecule has 7 heteroatoms. The van der Waals surface area contributed by atoms with Crippen molar-refractivity contribution >= 4 is 15.9 Å². The molecule has 0 saturated carbocycles. The van der Waals surface area contributed by atoms with Gasteiger partial charge in [0.05, 0.1) is 22.4 Å². The second-order valence-corrected chi connectivity index (χ2v) is 4.82. The molecule has 1 heterocycles. The highest BCUT2D eigenvalue weighted by atomic mass is 79.9. The Hall–Kier alpha value is -0.530. The Balaban J connectivity index is 2.49. The largest absolute Gasteiger partial charge is 0.375 e. The molecule has 1 rings (SSSR count). The van der Waals surface area contributed by atoms with Crippen molar-refractivity contribution in [2.45, 2.75) is 38.8 Å². The van der Waals surface area contributed by atoms with Crippen LogP contribution in [0.3, 0.4) is 0 Å². The topological polar surface area (TPSA) is 53.1 Å². The maximum atomic E-state index is 11.9. The Bertz CT molecular complexity index is 360. The number of alkyl halides is 2. The highest BCUT2D eigenvalue weighted by Gasteiger charge is 2.16. The fourth-order valence-corrected chi connectivity index (χ4v) is 2.24. The monoisotopic (exact) mass is 325 g/mol. The van der Waals surface area contributed by atoms with Crippen LogP contribution < -0.4 is 5.73 Å². The van der Waals surface area contributed by atoms with Crippen molar-refractivity contribution in [3.63, 3.8) is 0 Å². The highest BCUT2D eigenvalue weighted by molar-refractivity contribution is 9.10. The van der Waals surface area contributed by atoms with Crippen LogP contribution in [0.15, 0.2) is 10.7 Å². The summed E-state index contributed by atoms with van der Waals surface area (Å²) in [5.41, 5.74) is 6.92. The molecule has 0 bridgehead atoms. The molecule has 1 aromatic heterocycles. The minimum absolute atomic E-state index is 0.218. The first-order valence-corrected chi connectivity index (χ1v) is 6.68. The fourth-order valence-electron chi connectivity index (χ4n) is 1.65. The number of hydrogen-bond acceptors (Lipinski definition) is 3. The van der Waals surface area contributed by atoms with E-state index in [0.717, 1.165) is 23.1 Å². The van der Waals surface area contributed by atoms with E-state index in [1.165, 1.54) is 0 Å². The zero-order valence-corrected chi connectivity index (χ0v) is 11.9. The molecule has 104 valence electrons. The van der Waals surface area contributed by atoms with Crippen LogP contribution in [0, 0.1) is 0 Å². The molecule has 0 radical (unpaired) electrons. The molecule has 1 atom stereocenters. The molecule has 0 aromatic carbocycles. The summed E-state index contributed by atoms with van der Waals surface area (Å²) in [6.45, 7) is 2.51. The summed E-state index contributed by atoms with van der Waals surface area (Å²) in [6, 6.07) is -0.272. The van der Waals surface area contributed by atoms with E-state index in [1.807, 2.05) is 4.68 Å². The highest BCUT2D eigenvalue weighted by Crippen LogP contribution is 2.24. The van der Waals surface area contributed by atoms with Crippen molar-refractivity contribution in [3.05, 3.63) is 16.4 Å². The third-order valence-corrected chi connectivity index (χ3v) is 3.05. The molecule has 0 fully saturated rings. The average molecular weight is 326 g/mol. The van der Waals surface area contributed by atoms with Crippen molar-refractivity contribution < 1.29 is 13.5 Å². The molecular formula is C11H18BrF2N3O. The van der Waals surface area contributed by atoms with Crippen LogP contribution in [0.1, 0.15) is 31.5 Å². The van der Waals surface area contributed by atoms with Crippen molar-refractivity contribution in [3.8, 4) is 0 Å². The van der Waals surface area contributed by atoms with Crippen LogP contribution >= 0.6 is 15.9 Å². The summed E-state index contributed by atoms with van der Waals surface area (Å²) in [5.74, 6) is 0. The van der Waals surface area contributed by atoms with Gasteiger partial charge < -0.3 is 10.5 Å². The van der Waals surface area contributed by atoms with Gasteiger partial charge in [-0.15, -0.1) is 0 Å². The maximum Gasteiger partial charge on any atom is 0.261 e. The zero-order valence-electron chi connectivity index (χ0n) is 10.3. The van der Waals surface area contributed by atoms with Gasteiger partial charge in [-0.05, 0) is 28.8 Å². The second kappa shape index (κ2) is 7.81. The first-order chi connectivity index (χ1) is 8.56. The van der Waals surface area contributed by atoms with Crippen LogP contribution in [-0.4, -0.2) is 29.4 Å². The molecule has 0 saturated heterocycles. The van der Waals surface area contributed by atoms with E-state index >= 15 is 0 Å². The van der Waals surface area contributed by atoms with E-state index in [9.17, 15) is 8.78 Å². The predicted molar refractivity (Wildman–Crippen MR) is 68.6 cm³/mol. The van der Waals surface area contributed by atoms with Gasteiger partial charge in [-0.25, -0.2) is 8.78 Å². The number of halogens is 3. The summed E-state index contributed by atoms with van der Waals surface area (Å²) in [6.07, 6.45) is 0.708. The van der Waals surface area contributed by atoms with Crippen molar-refractivity contribution in [2.24, 2.45) is 5.73 Å². The van der Waals surface area contributed by atoms with E-state index in [0.29, 0.717) is 6.42 Å². The standard InChI is InChI=1S/C11H18BrF2N3O/c1-2-4-17-11(8(12)6-16-17)9(15)3-5-18-7-10(13)14/h6,9-10H,2-5,7,15H2,1H3. The first-order valence-electron chi connectivity index (χ1n) is 5.89. The van der Waals surface area contributed by atoms with Gasteiger partial charge in [0, 0.05) is 13.2 Å². The van der Waals surface area contributed by atoms with Gasteiger partial charge in [-0.2, -0.15) is 5.10 Å². The van der Waals surface area contributed by atoms with Gasteiger partial charge in [0.1, 0.15) is 6.61 Å². The van der Waals surface area contributed by atoms with E-state index in [4.69, 9.17) is 10.5 Å². The average Bonchev–Trinajstić information content (AvgIpc) is 2.66. The number of nitrogens with two attached hydrogens (primary N) is 1. The summed E-state index contributed by atoms with van der Waals surface area (Å²) < 4.78 is 31.3. The Labute approximate surface area is 114 Å². The third-order valence-electron chi connectivity index (χ3n) is 2.44. The number of ether oxygens (including phenoxy) is 1. The first kappa shape index (κ1) is 15.5. The Kier molecular flexibility index (Phi) is 6.73. The molecule has 0 amide bonds. The predicted octanol–water partition coefficient (Wildman–Crippen LogP) is 2.73. The third kappa shape index (κ3) is 4.62. The van der Waals surface area contributed by atoms with E-state index in [1.54, 1.807) is 6.20 Å². The van der Waals surface area contributed by atoms with E-state index in [-0.39, 0.29) is 12.6 Å². The number of aryl methyl sites for hydroxylation is 1. The molecule has 4 nitrogen and oxygen atoms in total. The molecule has 0 aliphatic carbocycles. The molecule has 0 aliphatic rings. The minimum atomic E-state index is -2.43. The zero-order chi connectivity index (χ0) is 13.5. The maximum absolute atomic E-state index is 11.9. The Morgan fingerprint density at radius 1 is 1.56 bits per heavy atom. The molecule has 0 spiro atoms. The van der Waals surface area contributed by atoms with Crippen LogP contribution in [0.5, 0.6) is 0 Å². The minimum Gasteiger partial charge on any atom is -0.375 e. The van der Waals surface area contributed by atoms with Gasteiger partial charge in [-0.3, -0.25) is 4.68 Å². The molecule has 1 aromatic rings. The van der Waals surface area contributed by atoms with Crippen molar-refractivity contribution in [2.75, 3.05) is 13.2 Å². The lowest BCUT2D eigenvalue weighted by Gasteiger charge is -2.15. The summed E-state index contributed by atoms with van der Waals surface area (Å²) in [7, 11) is 0. The van der Waals surface area contributed by atoms with Crippen LogP contribution in [0.2, 0.25) is 0 Å². The molecule has 2 N–H and O–H groups in total. The summed E-state index contributed by atoms with van der Waals surface area (Å²) in [4.78, 5) is 0. The number of rotatable bonds is 8. The smallest absolute Gasteiger partial charge is 0.261 e. The van der Waals surface area contributed by atoms with Crippen LogP contribution in [0.4, 0.5) is 8.78 Å². The molecular weight excluding hydrogens is 308 g/mol.